The third-order valence-corrected chi connectivity index (χ3v) is 2.70. The Morgan fingerprint density at radius 3 is 2.73 bits per heavy atom. The van der Waals surface area contributed by atoms with Crippen molar-refractivity contribution in [3.8, 4) is 0 Å². The van der Waals surface area contributed by atoms with Crippen LogP contribution in [0.5, 0.6) is 0 Å². The highest BCUT2D eigenvalue weighted by Crippen LogP contribution is 2.15. The van der Waals surface area contributed by atoms with E-state index in [0.717, 1.165) is 13.1 Å². The molecule has 1 aromatic carbocycles. The number of hydrogen-bond donors (Lipinski definition) is 2. The van der Waals surface area contributed by atoms with Gasteiger partial charge in [0.1, 0.15) is 5.82 Å². The molecule has 1 saturated heterocycles. The van der Waals surface area contributed by atoms with Crippen molar-refractivity contribution in [2.24, 2.45) is 0 Å². The van der Waals surface area contributed by atoms with Gasteiger partial charge in [-0.05, 0) is 18.2 Å². The second kappa shape index (κ2) is 4.28. The first-order valence-electron chi connectivity index (χ1n) is 4.63. The summed E-state index contributed by atoms with van der Waals surface area (Å²) in [7, 11) is 0. The van der Waals surface area contributed by atoms with Gasteiger partial charge in [0.05, 0.1) is 6.04 Å². The maximum Gasteiger partial charge on any atom is 0.251 e. The number of carbonyl (C=O) groups is 1. The molecule has 2 rings (SSSR count). The lowest BCUT2D eigenvalue weighted by molar-refractivity contribution is 0.0923. The molecule has 15 heavy (non-hydrogen) atoms. The van der Waals surface area contributed by atoms with Crippen LogP contribution in [-0.2, 0) is 0 Å². The maximum atomic E-state index is 13.0. The molecule has 0 radical (unpaired) electrons. The predicted octanol–water partition coefficient (Wildman–Crippen LogP) is 1.29. The first-order valence-corrected chi connectivity index (χ1v) is 5.42. The quantitative estimate of drug-likeness (QED) is 0.852. The Labute approximate surface area is 95.2 Å². The average Bonchev–Trinajstić information content (AvgIpc) is 2.09. The van der Waals surface area contributed by atoms with Crippen LogP contribution < -0.4 is 10.6 Å². The zero-order valence-electron chi connectivity index (χ0n) is 7.89. The molecule has 0 aliphatic carbocycles. The number of amides is 1. The highest BCUT2D eigenvalue weighted by molar-refractivity contribution is 9.10. The fourth-order valence-corrected chi connectivity index (χ4v) is 1.81. The van der Waals surface area contributed by atoms with Crippen LogP contribution in [0.4, 0.5) is 4.39 Å². The zero-order valence-corrected chi connectivity index (χ0v) is 9.47. The van der Waals surface area contributed by atoms with Crippen LogP contribution in [0.3, 0.4) is 0 Å². The lowest BCUT2D eigenvalue weighted by atomic mass is 10.1. The standard InChI is InChI=1S/C10H10BrFN2O/c11-7-1-6(2-8(12)3-7)10(15)14-9-4-13-5-9/h1-3,9,13H,4-5H2,(H,14,15). The molecule has 1 fully saturated rings. The van der Waals surface area contributed by atoms with E-state index in [-0.39, 0.29) is 11.9 Å². The summed E-state index contributed by atoms with van der Waals surface area (Å²) in [5, 5.41) is 5.84. The summed E-state index contributed by atoms with van der Waals surface area (Å²) in [6, 6.07) is 4.32. The second-order valence-corrected chi connectivity index (χ2v) is 4.40. The SMILES string of the molecule is O=C(NC1CNC1)c1cc(F)cc(Br)c1. The van der Waals surface area contributed by atoms with E-state index >= 15 is 0 Å². The first kappa shape index (κ1) is 10.6. The Morgan fingerprint density at radius 2 is 2.20 bits per heavy atom. The van der Waals surface area contributed by atoms with Gasteiger partial charge in [0.25, 0.3) is 5.91 Å². The van der Waals surface area contributed by atoms with E-state index in [1.54, 1.807) is 6.07 Å². The van der Waals surface area contributed by atoms with Gasteiger partial charge in [0.15, 0.2) is 0 Å². The average molecular weight is 273 g/mol. The molecule has 1 aromatic rings. The van der Waals surface area contributed by atoms with Crippen LogP contribution in [0.15, 0.2) is 22.7 Å². The highest BCUT2D eigenvalue weighted by Gasteiger charge is 2.19. The highest BCUT2D eigenvalue weighted by atomic mass is 79.9. The van der Waals surface area contributed by atoms with E-state index in [1.807, 2.05) is 0 Å². The number of rotatable bonds is 2. The summed E-state index contributed by atoms with van der Waals surface area (Å²) in [6.07, 6.45) is 0. The van der Waals surface area contributed by atoms with Crippen LogP contribution in [0.2, 0.25) is 0 Å². The molecule has 1 amide bonds. The summed E-state index contributed by atoms with van der Waals surface area (Å²) in [6.45, 7) is 1.56. The largest absolute Gasteiger partial charge is 0.347 e. The van der Waals surface area contributed by atoms with Gasteiger partial charge in [-0.25, -0.2) is 4.39 Å². The summed E-state index contributed by atoms with van der Waals surface area (Å²) in [4.78, 5) is 11.6. The van der Waals surface area contributed by atoms with Crippen LogP contribution >= 0.6 is 15.9 Å². The summed E-state index contributed by atoms with van der Waals surface area (Å²) in [5.41, 5.74) is 0.341. The fourth-order valence-electron chi connectivity index (χ4n) is 1.34. The van der Waals surface area contributed by atoms with Gasteiger partial charge >= 0.3 is 0 Å². The van der Waals surface area contributed by atoms with E-state index in [9.17, 15) is 9.18 Å². The molecule has 5 heteroatoms. The van der Waals surface area contributed by atoms with Crippen molar-refractivity contribution in [3.63, 3.8) is 0 Å². The Bertz CT molecular complexity index is 373. The third-order valence-electron chi connectivity index (χ3n) is 2.24. The van der Waals surface area contributed by atoms with Crippen molar-refractivity contribution in [1.29, 1.82) is 0 Å². The Kier molecular flexibility index (Phi) is 3.02. The third kappa shape index (κ3) is 2.54. The topological polar surface area (TPSA) is 41.1 Å². The monoisotopic (exact) mass is 272 g/mol. The van der Waals surface area contributed by atoms with Crippen molar-refractivity contribution in [3.05, 3.63) is 34.1 Å². The minimum atomic E-state index is -0.416. The van der Waals surface area contributed by atoms with Crippen LogP contribution in [0.25, 0.3) is 0 Å². The van der Waals surface area contributed by atoms with E-state index in [2.05, 4.69) is 26.6 Å². The molecule has 1 heterocycles. The first-order chi connectivity index (χ1) is 7.15. The summed E-state index contributed by atoms with van der Waals surface area (Å²) >= 11 is 3.15. The summed E-state index contributed by atoms with van der Waals surface area (Å²) in [5.74, 6) is -0.650. The van der Waals surface area contributed by atoms with Crippen molar-refractivity contribution in [2.75, 3.05) is 13.1 Å². The Morgan fingerprint density at radius 1 is 1.47 bits per heavy atom. The smallest absolute Gasteiger partial charge is 0.251 e. The summed E-state index contributed by atoms with van der Waals surface area (Å²) < 4.78 is 13.6. The van der Waals surface area contributed by atoms with Gasteiger partial charge in [-0.1, -0.05) is 15.9 Å². The molecule has 0 unspecified atom stereocenters. The van der Waals surface area contributed by atoms with Crippen molar-refractivity contribution in [2.45, 2.75) is 6.04 Å². The molecule has 0 aromatic heterocycles. The van der Waals surface area contributed by atoms with Gasteiger partial charge in [0.2, 0.25) is 0 Å². The minimum absolute atomic E-state index is 0.166. The van der Waals surface area contributed by atoms with Crippen LogP contribution in [0.1, 0.15) is 10.4 Å². The molecule has 2 N–H and O–H groups in total. The molecule has 1 aliphatic heterocycles. The number of nitrogens with one attached hydrogen (secondary N) is 2. The second-order valence-electron chi connectivity index (χ2n) is 3.49. The molecule has 3 nitrogen and oxygen atoms in total. The van der Waals surface area contributed by atoms with Gasteiger partial charge < -0.3 is 10.6 Å². The van der Waals surface area contributed by atoms with E-state index < -0.39 is 5.82 Å². The molecule has 0 bridgehead atoms. The van der Waals surface area contributed by atoms with E-state index in [0.29, 0.717) is 10.0 Å². The molecular weight excluding hydrogens is 263 g/mol. The molecule has 0 saturated carbocycles. The van der Waals surface area contributed by atoms with E-state index in [1.165, 1.54) is 12.1 Å². The Balaban J connectivity index is 2.10. The number of carbonyl (C=O) groups excluding carboxylic acids is 1. The predicted molar refractivity (Wildman–Crippen MR) is 58.2 cm³/mol. The van der Waals surface area contributed by atoms with Gasteiger partial charge in [-0.3, -0.25) is 4.79 Å². The lowest BCUT2D eigenvalue weighted by Gasteiger charge is -2.27. The van der Waals surface area contributed by atoms with E-state index in [4.69, 9.17) is 0 Å². The van der Waals surface area contributed by atoms with Gasteiger partial charge in [-0.2, -0.15) is 0 Å². The number of halogens is 2. The normalized spacial score (nSPS) is 15.9. The van der Waals surface area contributed by atoms with Crippen LogP contribution in [0, 0.1) is 5.82 Å². The Hall–Kier alpha value is -0.940. The van der Waals surface area contributed by atoms with Crippen molar-refractivity contribution in [1.82, 2.24) is 10.6 Å². The molecule has 80 valence electrons. The van der Waals surface area contributed by atoms with Crippen molar-refractivity contribution >= 4 is 21.8 Å². The molecular formula is C10H10BrFN2O. The van der Waals surface area contributed by atoms with Gasteiger partial charge in [-0.15, -0.1) is 0 Å². The number of benzene rings is 1. The van der Waals surface area contributed by atoms with Gasteiger partial charge in [0, 0.05) is 23.1 Å². The van der Waals surface area contributed by atoms with Crippen LogP contribution in [-0.4, -0.2) is 25.0 Å². The molecule has 0 spiro atoms. The minimum Gasteiger partial charge on any atom is -0.347 e. The lowest BCUT2D eigenvalue weighted by Crippen LogP contribution is -2.56. The maximum absolute atomic E-state index is 13.0. The van der Waals surface area contributed by atoms with Crippen molar-refractivity contribution < 1.29 is 9.18 Å². The fraction of sp³-hybridized carbons (Fsp3) is 0.300. The molecule has 1 aliphatic rings. The molecule has 0 atom stereocenters. The zero-order chi connectivity index (χ0) is 10.8. The number of hydrogen-bond acceptors (Lipinski definition) is 2.